The SMILES string of the molecule is CCOC(=O)c1ccc(-c2cnn(C)c2)nc1C(C)(C)C. The lowest BCUT2D eigenvalue weighted by Crippen LogP contribution is -2.20. The number of hydrogen-bond acceptors (Lipinski definition) is 4. The normalized spacial score (nSPS) is 11.5. The second-order valence-corrected chi connectivity index (χ2v) is 5.97. The zero-order valence-corrected chi connectivity index (χ0v) is 13.2. The van der Waals surface area contributed by atoms with Gasteiger partial charge in [-0.1, -0.05) is 20.8 Å². The summed E-state index contributed by atoms with van der Waals surface area (Å²) in [6, 6.07) is 3.62. The quantitative estimate of drug-likeness (QED) is 0.814. The summed E-state index contributed by atoms with van der Waals surface area (Å²) in [4.78, 5) is 16.8. The molecule has 0 saturated carbocycles. The van der Waals surface area contributed by atoms with E-state index in [-0.39, 0.29) is 11.4 Å². The van der Waals surface area contributed by atoms with Crippen molar-refractivity contribution in [2.24, 2.45) is 7.05 Å². The van der Waals surface area contributed by atoms with Crippen molar-refractivity contribution < 1.29 is 9.53 Å². The predicted octanol–water partition coefficient (Wildman–Crippen LogP) is 2.96. The average Bonchev–Trinajstić information content (AvgIpc) is 2.84. The van der Waals surface area contributed by atoms with E-state index in [4.69, 9.17) is 4.74 Å². The van der Waals surface area contributed by atoms with Gasteiger partial charge in [0.15, 0.2) is 0 Å². The molecule has 2 aromatic heterocycles. The van der Waals surface area contributed by atoms with Crippen molar-refractivity contribution in [3.05, 3.63) is 35.8 Å². The van der Waals surface area contributed by atoms with E-state index in [0.717, 1.165) is 17.0 Å². The molecule has 0 saturated heterocycles. The van der Waals surface area contributed by atoms with Gasteiger partial charge >= 0.3 is 5.97 Å². The van der Waals surface area contributed by atoms with Gasteiger partial charge in [0, 0.05) is 24.2 Å². The third-order valence-corrected chi connectivity index (χ3v) is 3.10. The number of nitrogens with zero attached hydrogens (tertiary/aromatic N) is 3. The summed E-state index contributed by atoms with van der Waals surface area (Å²) in [5.41, 5.74) is 2.75. The monoisotopic (exact) mass is 287 g/mol. The molecule has 0 aromatic carbocycles. The van der Waals surface area contributed by atoms with Gasteiger partial charge in [0.05, 0.1) is 29.8 Å². The van der Waals surface area contributed by atoms with Crippen LogP contribution in [-0.4, -0.2) is 27.3 Å². The van der Waals surface area contributed by atoms with Crippen LogP contribution in [0.25, 0.3) is 11.3 Å². The van der Waals surface area contributed by atoms with E-state index in [2.05, 4.69) is 10.1 Å². The zero-order chi connectivity index (χ0) is 15.6. The van der Waals surface area contributed by atoms with Crippen LogP contribution in [-0.2, 0) is 17.2 Å². The minimum atomic E-state index is -0.326. The van der Waals surface area contributed by atoms with E-state index in [1.165, 1.54) is 0 Å². The van der Waals surface area contributed by atoms with Crippen molar-refractivity contribution in [2.75, 3.05) is 6.61 Å². The van der Waals surface area contributed by atoms with E-state index in [9.17, 15) is 4.79 Å². The second kappa shape index (κ2) is 5.68. The lowest BCUT2D eigenvalue weighted by molar-refractivity contribution is 0.0523. The lowest BCUT2D eigenvalue weighted by atomic mass is 9.88. The minimum absolute atomic E-state index is 0.250. The number of esters is 1. The number of aromatic nitrogens is 3. The Labute approximate surface area is 125 Å². The smallest absolute Gasteiger partial charge is 0.340 e. The van der Waals surface area contributed by atoms with Crippen LogP contribution in [0, 0.1) is 0 Å². The molecule has 5 nitrogen and oxygen atoms in total. The highest BCUT2D eigenvalue weighted by Crippen LogP contribution is 2.28. The Morgan fingerprint density at radius 1 is 1.33 bits per heavy atom. The van der Waals surface area contributed by atoms with Gasteiger partial charge in [-0.3, -0.25) is 9.67 Å². The van der Waals surface area contributed by atoms with Crippen molar-refractivity contribution in [3.8, 4) is 11.3 Å². The molecule has 0 unspecified atom stereocenters. The molecule has 0 atom stereocenters. The summed E-state index contributed by atoms with van der Waals surface area (Å²) in [7, 11) is 1.86. The molecular weight excluding hydrogens is 266 g/mol. The Morgan fingerprint density at radius 2 is 2.05 bits per heavy atom. The van der Waals surface area contributed by atoms with E-state index in [1.54, 1.807) is 23.9 Å². The maximum Gasteiger partial charge on any atom is 0.340 e. The molecule has 0 aliphatic rings. The van der Waals surface area contributed by atoms with E-state index < -0.39 is 0 Å². The number of pyridine rings is 1. The largest absolute Gasteiger partial charge is 0.462 e. The third kappa shape index (κ3) is 3.29. The number of aryl methyl sites for hydroxylation is 1. The van der Waals surface area contributed by atoms with Crippen LogP contribution in [0.15, 0.2) is 24.5 Å². The van der Waals surface area contributed by atoms with Gasteiger partial charge in [-0.2, -0.15) is 5.10 Å². The van der Waals surface area contributed by atoms with Crippen LogP contribution in [0.2, 0.25) is 0 Å². The van der Waals surface area contributed by atoms with E-state index in [0.29, 0.717) is 12.2 Å². The Morgan fingerprint density at radius 3 is 2.57 bits per heavy atom. The summed E-state index contributed by atoms with van der Waals surface area (Å²) in [5.74, 6) is -0.326. The summed E-state index contributed by atoms with van der Waals surface area (Å²) in [6.07, 6.45) is 3.66. The van der Waals surface area contributed by atoms with Crippen LogP contribution in [0.4, 0.5) is 0 Å². The third-order valence-electron chi connectivity index (χ3n) is 3.10. The molecule has 112 valence electrons. The van der Waals surface area contributed by atoms with Crippen molar-refractivity contribution in [1.82, 2.24) is 14.8 Å². The highest BCUT2D eigenvalue weighted by molar-refractivity contribution is 5.91. The summed E-state index contributed by atoms with van der Waals surface area (Å²) in [5, 5.41) is 4.16. The first-order valence-electron chi connectivity index (χ1n) is 7.00. The highest BCUT2D eigenvalue weighted by Gasteiger charge is 2.25. The number of hydrogen-bond donors (Lipinski definition) is 0. The van der Waals surface area contributed by atoms with Crippen molar-refractivity contribution in [3.63, 3.8) is 0 Å². The van der Waals surface area contributed by atoms with Crippen LogP contribution >= 0.6 is 0 Å². The Kier molecular flexibility index (Phi) is 4.11. The molecular formula is C16H21N3O2. The van der Waals surface area contributed by atoms with Gasteiger partial charge in [-0.15, -0.1) is 0 Å². The zero-order valence-electron chi connectivity index (χ0n) is 13.2. The van der Waals surface area contributed by atoms with Gasteiger partial charge in [-0.05, 0) is 19.1 Å². The van der Waals surface area contributed by atoms with Crippen LogP contribution in [0.5, 0.6) is 0 Å². The molecule has 2 aromatic rings. The highest BCUT2D eigenvalue weighted by atomic mass is 16.5. The molecule has 0 fully saturated rings. The van der Waals surface area contributed by atoms with Crippen LogP contribution in [0.3, 0.4) is 0 Å². The maximum absolute atomic E-state index is 12.1. The number of rotatable bonds is 3. The first kappa shape index (κ1) is 15.2. The molecule has 21 heavy (non-hydrogen) atoms. The van der Waals surface area contributed by atoms with Gasteiger partial charge in [0.25, 0.3) is 0 Å². The predicted molar refractivity (Wildman–Crippen MR) is 81.1 cm³/mol. The van der Waals surface area contributed by atoms with Gasteiger partial charge in [-0.25, -0.2) is 4.79 Å². The van der Waals surface area contributed by atoms with Gasteiger partial charge in [0.1, 0.15) is 0 Å². The summed E-state index contributed by atoms with van der Waals surface area (Å²) >= 11 is 0. The van der Waals surface area contributed by atoms with E-state index in [1.807, 2.05) is 40.1 Å². The first-order chi connectivity index (χ1) is 9.82. The van der Waals surface area contributed by atoms with Crippen LogP contribution in [0.1, 0.15) is 43.7 Å². The fraction of sp³-hybridized carbons (Fsp3) is 0.438. The first-order valence-corrected chi connectivity index (χ1v) is 7.00. The van der Waals surface area contributed by atoms with Crippen molar-refractivity contribution in [2.45, 2.75) is 33.1 Å². The topological polar surface area (TPSA) is 57.0 Å². The van der Waals surface area contributed by atoms with E-state index >= 15 is 0 Å². The maximum atomic E-state index is 12.1. The standard InChI is InChI=1S/C16H21N3O2/c1-6-21-15(20)12-7-8-13(11-9-17-19(5)10-11)18-14(12)16(2,3)4/h7-10H,6H2,1-5H3. The molecule has 5 heteroatoms. The molecule has 0 aliphatic heterocycles. The summed E-state index contributed by atoms with van der Waals surface area (Å²) in [6.45, 7) is 8.25. The fourth-order valence-electron chi connectivity index (χ4n) is 2.12. The molecule has 0 bridgehead atoms. The molecule has 0 radical (unpaired) electrons. The molecule has 0 N–H and O–H groups in total. The number of ether oxygens (including phenoxy) is 1. The molecule has 0 amide bonds. The molecule has 2 heterocycles. The summed E-state index contributed by atoms with van der Waals surface area (Å²) < 4.78 is 6.85. The molecule has 0 spiro atoms. The average molecular weight is 287 g/mol. The number of carbonyl (C=O) groups is 1. The Hall–Kier alpha value is -2.17. The fourth-order valence-corrected chi connectivity index (χ4v) is 2.12. The van der Waals surface area contributed by atoms with Gasteiger partial charge < -0.3 is 4.74 Å². The van der Waals surface area contributed by atoms with Crippen molar-refractivity contribution in [1.29, 1.82) is 0 Å². The molecule has 2 rings (SSSR count). The second-order valence-electron chi connectivity index (χ2n) is 5.97. The minimum Gasteiger partial charge on any atom is -0.462 e. The molecule has 0 aliphatic carbocycles. The Bertz CT molecular complexity index is 654. The van der Waals surface area contributed by atoms with Gasteiger partial charge in [0.2, 0.25) is 0 Å². The van der Waals surface area contributed by atoms with Crippen LogP contribution < -0.4 is 0 Å². The number of carbonyl (C=O) groups excluding carboxylic acids is 1. The van der Waals surface area contributed by atoms with Crippen molar-refractivity contribution >= 4 is 5.97 Å². The lowest BCUT2D eigenvalue weighted by Gasteiger charge is -2.21. The Balaban J connectivity index is 2.52.